The van der Waals surface area contributed by atoms with Crippen LogP contribution in [0.3, 0.4) is 0 Å². The summed E-state index contributed by atoms with van der Waals surface area (Å²) in [5, 5.41) is 20.9. The number of carboxylic acid groups (broad SMARTS) is 1. The Kier molecular flexibility index (Phi) is 6.34. The van der Waals surface area contributed by atoms with Gasteiger partial charge in [0, 0.05) is 6.42 Å². The van der Waals surface area contributed by atoms with Crippen molar-refractivity contribution in [3.8, 4) is 0 Å². The lowest BCUT2D eigenvalue weighted by Crippen LogP contribution is -2.43. The summed E-state index contributed by atoms with van der Waals surface area (Å²) in [6, 6.07) is 2.03. The Morgan fingerprint density at radius 3 is 2.17 bits per heavy atom. The van der Waals surface area contributed by atoms with Gasteiger partial charge in [-0.15, -0.1) is 0 Å². The number of rotatable bonds is 6. The largest absolute Gasteiger partial charge is 0.480 e. The van der Waals surface area contributed by atoms with E-state index in [0.29, 0.717) is 4.48 Å². The minimum Gasteiger partial charge on any atom is -0.480 e. The van der Waals surface area contributed by atoms with Gasteiger partial charge in [-0.1, -0.05) is 34.6 Å². The monoisotopic (exact) mass is 395 g/mol. The summed E-state index contributed by atoms with van der Waals surface area (Å²) in [6.45, 7) is 3.45. The van der Waals surface area contributed by atoms with Crippen LogP contribution in [0.2, 0.25) is 0 Å². The zero-order chi connectivity index (χ0) is 17.8. The number of hydrogen-bond acceptors (Lipinski definition) is 3. The predicted molar refractivity (Wildman–Crippen MR) is 78.7 cm³/mol. The summed E-state index contributed by atoms with van der Waals surface area (Å²) in [6.07, 6.45) is -6.43. The summed E-state index contributed by atoms with van der Waals surface area (Å²) in [4.78, 5) is 22.8. The van der Waals surface area contributed by atoms with Crippen molar-refractivity contribution in [2.24, 2.45) is 0 Å². The number of alkyl halides is 3. The van der Waals surface area contributed by atoms with E-state index in [1.165, 1.54) is 0 Å². The van der Waals surface area contributed by atoms with Crippen molar-refractivity contribution >= 4 is 27.8 Å². The maximum Gasteiger partial charge on any atom is 0.416 e. The number of amides is 1. The lowest BCUT2D eigenvalue weighted by atomic mass is 10.1. The van der Waals surface area contributed by atoms with Crippen LogP contribution in [-0.4, -0.2) is 28.1 Å². The number of benzene rings is 1. The Morgan fingerprint density at radius 2 is 1.78 bits per heavy atom. The first kappa shape index (κ1) is 19.2. The first-order valence-corrected chi connectivity index (χ1v) is 7.03. The maximum atomic E-state index is 12.4. The molecule has 0 aromatic heterocycles. The van der Waals surface area contributed by atoms with Gasteiger partial charge in [0.15, 0.2) is 6.10 Å². The first-order valence-electron chi connectivity index (χ1n) is 6.24. The number of aliphatic hydroxyl groups is 1. The van der Waals surface area contributed by atoms with Gasteiger partial charge in [-0.05, 0) is 22.2 Å². The zero-order valence-electron chi connectivity index (χ0n) is 11.6. The molecule has 0 radical (unpaired) electrons. The van der Waals surface area contributed by atoms with Crippen molar-refractivity contribution in [3.63, 3.8) is 0 Å². The van der Waals surface area contributed by atoms with Crippen LogP contribution in [0, 0.1) is 0 Å². The van der Waals surface area contributed by atoms with Crippen molar-refractivity contribution in [2.75, 3.05) is 0 Å². The third kappa shape index (κ3) is 5.68. The second kappa shape index (κ2) is 7.60. The van der Waals surface area contributed by atoms with Crippen LogP contribution in [0.15, 0.2) is 35.3 Å². The van der Waals surface area contributed by atoms with Crippen LogP contribution >= 0.6 is 15.9 Å². The number of aliphatic carboxylic acids is 1. The number of hydrogen-bond donors (Lipinski definition) is 3. The third-order valence-corrected chi connectivity index (χ3v) is 3.17. The van der Waals surface area contributed by atoms with Gasteiger partial charge in [0.2, 0.25) is 0 Å². The summed E-state index contributed by atoms with van der Waals surface area (Å²) < 4.78 is 37.7. The van der Waals surface area contributed by atoms with E-state index in [9.17, 15) is 27.9 Å². The molecule has 0 bridgehead atoms. The molecule has 0 unspecified atom stereocenters. The lowest BCUT2D eigenvalue weighted by Gasteiger charge is -2.17. The molecule has 0 aliphatic heterocycles. The highest BCUT2D eigenvalue weighted by Crippen LogP contribution is 2.30. The van der Waals surface area contributed by atoms with Gasteiger partial charge in [-0.25, -0.2) is 4.79 Å². The van der Waals surface area contributed by atoms with E-state index >= 15 is 0 Å². The van der Waals surface area contributed by atoms with E-state index in [1.54, 1.807) is 0 Å². The maximum absolute atomic E-state index is 12.4. The minimum atomic E-state index is -4.53. The molecule has 0 heterocycles. The van der Waals surface area contributed by atoms with Crippen LogP contribution in [-0.2, 0) is 15.8 Å². The molecule has 0 saturated heterocycles. The van der Waals surface area contributed by atoms with Crippen LogP contribution in [0.1, 0.15) is 23.7 Å². The second-order valence-electron chi connectivity index (χ2n) is 4.64. The fraction of sp³-hybridized carbons (Fsp3) is 0.286. The Bertz CT molecular complexity index is 601. The van der Waals surface area contributed by atoms with E-state index < -0.39 is 35.8 Å². The number of nitrogens with one attached hydrogen (secondary N) is 1. The molecule has 1 aromatic rings. The first-order chi connectivity index (χ1) is 10.5. The number of carboxylic acids is 1. The van der Waals surface area contributed by atoms with Gasteiger partial charge in [0.05, 0.1) is 5.56 Å². The zero-order valence-corrected chi connectivity index (χ0v) is 13.2. The van der Waals surface area contributed by atoms with E-state index in [2.05, 4.69) is 27.8 Å². The molecule has 126 valence electrons. The summed E-state index contributed by atoms with van der Waals surface area (Å²) in [5.41, 5.74) is -1.01. The summed E-state index contributed by atoms with van der Waals surface area (Å²) >= 11 is 2.96. The van der Waals surface area contributed by atoms with Gasteiger partial charge < -0.3 is 15.5 Å². The molecule has 0 aliphatic rings. The van der Waals surface area contributed by atoms with E-state index in [4.69, 9.17) is 5.11 Å². The molecular weight excluding hydrogens is 383 g/mol. The highest BCUT2D eigenvalue weighted by atomic mass is 79.9. The Labute approximate surface area is 137 Å². The molecule has 1 amide bonds. The van der Waals surface area contributed by atoms with E-state index in [1.807, 2.05) is 0 Å². The van der Waals surface area contributed by atoms with Crippen molar-refractivity contribution < 1.29 is 33.0 Å². The highest BCUT2D eigenvalue weighted by molar-refractivity contribution is 9.11. The van der Waals surface area contributed by atoms with Crippen LogP contribution in [0.5, 0.6) is 0 Å². The lowest BCUT2D eigenvalue weighted by molar-refractivity contribution is -0.143. The molecular formula is C14H13BrF3NO4. The predicted octanol–water partition coefficient (Wildman–Crippen LogP) is 2.61. The molecule has 1 rings (SSSR count). The quantitative estimate of drug-likeness (QED) is 0.690. The van der Waals surface area contributed by atoms with Crippen LogP contribution < -0.4 is 5.32 Å². The Hall–Kier alpha value is -1.87. The Balaban J connectivity index is 2.83. The van der Waals surface area contributed by atoms with Gasteiger partial charge in [0.1, 0.15) is 6.04 Å². The van der Waals surface area contributed by atoms with Crippen molar-refractivity contribution in [2.45, 2.75) is 24.7 Å². The Morgan fingerprint density at radius 1 is 1.26 bits per heavy atom. The fourth-order valence-corrected chi connectivity index (χ4v) is 2.00. The molecule has 2 atom stereocenters. The van der Waals surface area contributed by atoms with Gasteiger partial charge in [0.25, 0.3) is 5.91 Å². The normalized spacial score (nSPS) is 14.0. The van der Waals surface area contributed by atoms with E-state index in [-0.39, 0.29) is 12.0 Å². The van der Waals surface area contributed by atoms with Gasteiger partial charge in [-0.3, -0.25) is 4.79 Å². The van der Waals surface area contributed by atoms with Crippen molar-refractivity contribution in [3.05, 3.63) is 46.5 Å². The number of halogens is 4. The average molecular weight is 396 g/mol. The molecule has 1 aromatic carbocycles. The van der Waals surface area contributed by atoms with Gasteiger partial charge >= 0.3 is 12.1 Å². The summed E-state index contributed by atoms with van der Waals surface area (Å²) in [7, 11) is 0. The molecule has 9 heteroatoms. The highest BCUT2D eigenvalue weighted by Gasteiger charge is 2.31. The fourth-order valence-electron chi connectivity index (χ4n) is 1.68. The molecule has 0 aliphatic carbocycles. The number of aliphatic hydroxyl groups excluding tert-OH is 1. The average Bonchev–Trinajstić information content (AvgIpc) is 2.44. The molecule has 0 saturated carbocycles. The smallest absolute Gasteiger partial charge is 0.416 e. The van der Waals surface area contributed by atoms with E-state index in [0.717, 1.165) is 24.3 Å². The molecule has 0 spiro atoms. The SMILES string of the molecule is C=C(Br)C[C@H](NC(=O)[C@H](O)c1ccc(C(F)(F)F)cc1)C(=O)O. The van der Waals surface area contributed by atoms with Crippen LogP contribution in [0.4, 0.5) is 13.2 Å². The van der Waals surface area contributed by atoms with Crippen LogP contribution in [0.25, 0.3) is 0 Å². The molecule has 0 fully saturated rings. The molecule has 5 nitrogen and oxygen atoms in total. The third-order valence-electron chi connectivity index (χ3n) is 2.84. The second-order valence-corrected chi connectivity index (χ2v) is 5.76. The topological polar surface area (TPSA) is 86.6 Å². The number of carbonyl (C=O) groups excluding carboxylic acids is 1. The molecule has 3 N–H and O–H groups in total. The number of carbonyl (C=O) groups is 2. The van der Waals surface area contributed by atoms with Crippen molar-refractivity contribution in [1.82, 2.24) is 5.32 Å². The molecule has 23 heavy (non-hydrogen) atoms. The van der Waals surface area contributed by atoms with Crippen molar-refractivity contribution in [1.29, 1.82) is 0 Å². The summed E-state index contributed by atoms with van der Waals surface area (Å²) in [5.74, 6) is -2.37. The van der Waals surface area contributed by atoms with Gasteiger partial charge in [-0.2, -0.15) is 13.2 Å². The standard InChI is InChI=1S/C14H13BrF3NO4/c1-7(15)6-10(13(22)23)19-12(21)11(20)8-2-4-9(5-3-8)14(16,17)18/h2-5,10-11,20H,1,6H2,(H,19,21)(H,22,23)/t10-,11+/m0/s1. The minimum absolute atomic E-state index is 0.0858.